The topological polar surface area (TPSA) is 92.4 Å². The predicted octanol–water partition coefficient (Wildman–Crippen LogP) is 2.90. The second-order valence-corrected chi connectivity index (χ2v) is 7.48. The van der Waals surface area contributed by atoms with Crippen molar-refractivity contribution in [3.8, 4) is 6.07 Å². The van der Waals surface area contributed by atoms with Crippen LogP contribution in [0.15, 0.2) is 53.7 Å². The van der Waals surface area contributed by atoms with E-state index in [1.165, 1.54) is 11.3 Å². The summed E-state index contributed by atoms with van der Waals surface area (Å²) in [7, 11) is -3.74. The van der Waals surface area contributed by atoms with Crippen molar-refractivity contribution in [2.75, 3.05) is 6.26 Å². The minimum Gasteiger partial charge on any atom is -0.268 e. The monoisotopic (exact) mass is 357 g/mol. The number of aromatic nitrogens is 1. The van der Waals surface area contributed by atoms with Gasteiger partial charge in [-0.2, -0.15) is 13.7 Å². The summed E-state index contributed by atoms with van der Waals surface area (Å²) >= 11 is 1.38. The number of nitriles is 1. The lowest BCUT2D eigenvalue weighted by Crippen LogP contribution is -2.06. The largest absolute Gasteiger partial charge is 0.325 e. The van der Waals surface area contributed by atoms with Crippen LogP contribution in [-0.4, -0.2) is 25.4 Å². The molecule has 24 heavy (non-hydrogen) atoms. The van der Waals surface area contributed by atoms with Crippen molar-refractivity contribution >= 4 is 37.4 Å². The SMILES string of the molecule is CS(=O)(=O)O/N=C(\c1ccc(C#N)cc1)c1nc2ccccc2s1. The molecule has 6 nitrogen and oxygen atoms in total. The summed E-state index contributed by atoms with van der Waals surface area (Å²) in [5.41, 5.74) is 2.19. The third-order valence-corrected chi connectivity index (χ3v) is 4.44. The van der Waals surface area contributed by atoms with Crippen LogP contribution in [0.5, 0.6) is 0 Å². The molecule has 120 valence electrons. The van der Waals surface area contributed by atoms with Crippen molar-refractivity contribution in [1.29, 1.82) is 5.26 Å². The third-order valence-electron chi connectivity index (χ3n) is 3.05. The van der Waals surface area contributed by atoms with Crippen LogP contribution < -0.4 is 0 Å². The van der Waals surface area contributed by atoms with Gasteiger partial charge in [-0.3, -0.25) is 4.28 Å². The Morgan fingerprint density at radius 3 is 2.54 bits per heavy atom. The molecule has 0 bridgehead atoms. The van der Waals surface area contributed by atoms with E-state index >= 15 is 0 Å². The smallest absolute Gasteiger partial charge is 0.268 e. The number of hydrogen-bond acceptors (Lipinski definition) is 7. The standard InChI is InChI=1S/C16H11N3O3S2/c1-24(20,21)22-19-15(12-8-6-11(10-17)7-9-12)16-18-13-4-2-3-5-14(13)23-16/h2-9H,1H3/b19-15+. The average molecular weight is 357 g/mol. The zero-order chi connectivity index (χ0) is 17.2. The minimum atomic E-state index is -3.74. The van der Waals surface area contributed by atoms with Crippen LogP contribution in [0.3, 0.4) is 0 Å². The fraction of sp³-hybridized carbons (Fsp3) is 0.0625. The van der Waals surface area contributed by atoms with Crippen LogP contribution in [0, 0.1) is 11.3 Å². The van der Waals surface area contributed by atoms with Crippen LogP contribution in [0.4, 0.5) is 0 Å². The molecule has 0 aliphatic heterocycles. The third kappa shape index (κ3) is 3.59. The molecule has 0 N–H and O–H groups in total. The maximum Gasteiger partial charge on any atom is 0.325 e. The van der Waals surface area contributed by atoms with Crippen molar-refractivity contribution in [3.63, 3.8) is 0 Å². The highest BCUT2D eigenvalue weighted by atomic mass is 32.2. The number of hydrogen-bond donors (Lipinski definition) is 0. The molecule has 0 saturated carbocycles. The van der Waals surface area contributed by atoms with Crippen LogP contribution in [0.2, 0.25) is 0 Å². The first-order valence-electron chi connectivity index (χ1n) is 6.79. The molecule has 3 aromatic rings. The average Bonchev–Trinajstić information content (AvgIpc) is 2.98. The van der Waals surface area contributed by atoms with Gasteiger partial charge in [0.1, 0.15) is 10.7 Å². The van der Waals surface area contributed by atoms with E-state index in [0.29, 0.717) is 21.8 Å². The summed E-state index contributed by atoms with van der Waals surface area (Å²) in [4.78, 5) is 4.48. The van der Waals surface area contributed by atoms with Gasteiger partial charge in [0.2, 0.25) is 0 Å². The van der Waals surface area contributed by atoms with Gasteiger partial charge < -0.3 is 0 Å². The number of benzene rings is 2. The van der Waals surface area contributed by atoms with E-state index in [2.05, 4.69) is 14.4 Å². The van der Waals surface area contributed by atoms with E-state index in [-0.39, 0.29) is 0 Å². The Morgan fingerprint density at radius 2 is 1.92 bits per heavy atom. The molecule has 0 unspecified atom stereocenters. The van der Waals surface area contributed by atoms with E-state index in [1.807, 2.05) is 30.3 Å². The van der Waals surface area contributed by atoms with Crippen LogP contribution in [0.25, 0.3) is 10.2 Å². The lowest BCUT2D eigenvalue weighted by molar-refractivity contribution is 0.343. The van der Waals surface area contributed by atoms with Gasteiger partial charge in [-0.1, -0.05) is 29.4 Å². The van der Waals surface area contributed by atoms with Gasteiger partial charge in [0, 0.05) is 5.56 Å². The molecule has 0 spiro atoms. The molecule has 8 heteroatoms. The molecule has 0 radical (unpaired) electrons. The van der Waals surface area contributed by atoms with E-state index < -0.39 is 10.1 Å². The van der Waals surface area contributed by atoms with Gasteiger partial charge in [-0.25, -0.2) is 4.98 Å². The van der Waals surface area contributed by atoms with Crippen LogP contribution >= 0.6 is 11.3 Å². The highest BCUT2D eigenvalue weighted by Crippen LogP contribution is 2.24. The number of fused-ring (bicyclic) bond motifs is 1. The Bertz CT molecular complexity index is 1030. The molecule has 2 aromatic carbocycles. The van der Waals surface area contributed by atoms with Crippen molar-refractivity contribution in [3.05, 3.63) is 64.7 Å². The van der Waals surface area contributed by atoms with E-state index in [1.54, 1.807) is 24.3 Å². The molecule has 1 heterocycles. The van der Waals surface area contributed by atoms with Crippen LogP contribution in [-0.2, 0) is 14.4 Å². The molecule has 0 aliphatic carbocycles. The molecule has 3 rings (SSSR count). The summed E-state index contributed by atoms with van der Waals surface area (Å²) < 4.78 is 28.1. The number of oxime groups is 1. The van der Waals surface area contributed by atoms with Gasteiger partial charge >= 0.3 is 10.1 Å². The normalized spacial score (nSPS) is 12.1. The molecule has 0 amide bonds. The van der Waals surface area contributed by atoms with Crippen molar-refractivity contribution < 1.29 is 12.7 Å². The first-order chi connectivity index (χ1) is 11.5. The number of nitrogens with zero attached hydrogens (tertiary/aromatic N) is 3. The Kier molecular flexibility index (Phi) is 4.29. The summed E-state index contributed by atoms with van der Waals surface area (Å²) in [6, 6.07) is 16.2. The number of para-hydroxylation sites is 1. The first kappa shape index (κ1) is 16.1. The van der Waals surface area contributed by atoms with Crippen LogP contribution in [0.1, 0.15) is 16.1 Å². The molecular formula is C16H11N3O3S2. The lowest BCUT2D eigenvalue weighted by atomic mass is 10.1. The second-order valence-electron chi connectivity index (χ2n) is 4.89. The molecule has 0 saturated heterocycles. The molecule has 0 fully saturated rings. The lowest BCUT2D eigenvalue weighted by Gasteiger charge is -2.03. The van der Waals surface area contributed by atoms with Gasteiger partial charge in [0.25, 0.3) is 0 Å². The highest BCUT2D eigenvalue weighted by Gasteiger charge is 2.15. The maximum absolute atomic E-state index is 11.3. The second kappa shape index (κ2) is 6.39. The molecule has 1 aromatic heterocycles. The molecule has 0 aliphatic rings. The Morgan fingerprint density at radius 1 is 1.21 bits per heavy atom. The highest BCUT2D eigenvalue weighted by molar-refractivity contribution is 7.85. The van der Waals surface area contributed by atoms with E-state index in [4.69, 9.17) is 5.26 Å². The summed E-state index contributed by atoms with van der Waals surface area (Å²) in [6.07, 6.45) is 0.922. The van der Waals surface area contributed by atoms with Gasteiger partial charge in [-0.15, -0.1) is 11.3 Å². The Labute approximate surface area is 142 Å². The van der Waals surface area contributed by atoms with E-state index in [0.717, 1.165) is 16.5 Å². The number of thiazole rings is 1. The maximum atomic E-state index is 11.3. The Hall–Kier alpha value is -2.76. The number of rotatable bonds is 4. The summed E-state index contributed by atoms with van der Waals surface area (Å²) in [5.74, 6) is 0. The molecule has 0 atom stereocenters. The minimum absolute atomic E-state index is 0.297. The fourth-order valence-corrected chi connectivity index (χ4v) is 3.18. The van der Waals surface area contributed by atoms with Crippen molar-refractivity contribution in [2.24, 2.45) is 5.16 Å². The summed E-state index contributed by atoms with van der Waals surface area (Å²) in [5, 5.41) is 13.2. The summed E-state index contributed by atoms with van der Waals surface area (Å²) in [6.45, 7) is 0. The quantitative estimate of drug-likeness (QED) is 0.529. The first-order valence-corrected chi connectivity index (χ1v) is 9.43. The van der Waals surface area contributed by atoms with Gasteiger partial charge in [0.15, 0.2) is 0 Å². The van der Waals surface area contributed by atoms with Crippen molar-refractivity contribution in [2.45, 2.75) is 0 Å². The van der Waals surface area contributed by atoms with Gasteiger partial charge in [-0.05, 0) is 24.3 Å². The van der Waals surface area contributed by atoms with Crippen molar-refractivity contribution in [1.82, 2.24) is 4.98 Å². The predicted molar refractivity (Wildman–Crippen MR) is 92.3 cm³/mol. The Balaban J connectivity index is 2.12. The zero-order valence-electron chi connectivity index (χ0n) is 12.5. The molecular weight excluding hydrogens is 346 g/mol. The zero-order valence-corrected chi connectivity index (χ0v) is 14.1. The fourth-order valence-electron chi connectivity index (χ4n) is 2.00. The van der Waals surface area contributed by atoms with E-state index in [9.17, 15) is 8.42 Å². The van der Waals surface area contributed by atoms with Gasteiger partial charge in [0.05, 0.1) is 28.1 Å².